The van der Waals surface area contributed by atoms with E-state index in [1.54, 1.807) is 0 Å². The smallest absolute Gasteiger partial charge is 0.0410 e. The van der Waals surface area contributed by atoms with E-state index in [2.05, 4.69) is 53.9 Å². The Morgan fingerprint density at radius 1 is 1.43 bits per heavy atom. The Hall–Kier alpha value is 0.200. The molecule has 3 heteroatoms. The first kappa shape index (κ1) is 12.3. The lowest BCUT2D eigenvalue weighted by Crippen LogP contribution is -2.20. The SMILES string of the molecule is CCNC(CC)c1cc(Cl)ccc1I. The van der Waals surface area contributed by atoms with Gasteiger partial charge in [0.2, 0.25) is 0 Å². The fraction of sp³-hybridized carbons (Fsp3) is 0.455. The second-order valence-electron chi connectivity index (χ2n) is 3.18. The van der Waals surface area contributed by atoms with Gasteiger partial charge in [-0.2, -0.15) is 0 Å². The van der Waals surface area contributed by atoms with Crippen LogP contribution in [0.15, 0.2) is 18.2 Å². The zero-order chi connectivity index (χ0) is 10.6. The lowest BCUT2D eigenvalue weighted by Gasteiger charge is -2.18. The molecule has 1 atom stereocenters. The highest BCUT2D eigenvalue weighted by Gasteiger charge is 2.11. The molecule has 0 aliphatic carbocycles. The van der Waals surface area contributed by atoms with Crippen molar-refractivity contribution < 1.29 is 0 Å². The van der Waals surface area contributed by atoms with Gasteiger partial charge in [0, 0.05) is 14.6 Å². The number of hydrogen-bond acceptors (Lipinski definition) is 1. The quantitative estimate of drug-likeness (QED) is 0.826. The molecule has 0 fully saturated rings. The Balaban J connectivity index is 2.96. The molecule has 1 unspecified atom stereocenters. The van der Waals surface area contributed by atoms with Gasteiger partial charge in [-0.15, -0.1) is 0 Å². The van der Waals surface area contributed by atoms with E-state index < -0.39 is 0 Å². The van der Waals surface area contributed by atoms with Gasteiger partial charge in [0.15, 0.2) is 0 Å². The number of nitrogens with one attached hydrogen (secondary N) is 1. The molecule has 0 aliphatic heterocycles. The molecule has 1 N–H and O–H groups in total. The second-order valence-corrected chi connectivity index (χ2v) is 4.78. The van der Waals surface area contributed by atoms with Crippen LogP contribution in [0.25, 0.3) is 0 Å². The minimum absolute atomic E-state index is 0.422. The molecule has 1 rings (SSSR count). The van der Waals surface area contributed by atoms with E-state index >= 15 is 0 Å². The van der Waals surface area contributed by atoms with Gasteiger partial charge in [0.25, 0.3) is 0 Å². The Morgan fingerprint density at radius 2 is 2.14 bits per heavy atom. The lowest BCUT2D eigenvalue weighted by molar-refractivity contribution is 0.535. The van der Waals surface area contributed by atoms with Crippen molar-refractivity contribution in [3.8, 4) is 0 Å². The first-order valence-corrected chi connectivity index (χ1v) is 6.33. The predicted octanol–water partition coefficient (Wildman–Crippen LogP) is 4.01. The van der Waals surface area contributed by atoms with Gasteiger partial charge in [-0.1, -0.05) is 25.4 Å². The van der Waals surface area contributed by atoms with Crippen LogP contribution in [0.1, 0.15) is 31.9 Å². The molecular weight excluding hydrogens is 308 g/mol. The van der Waals surface area contributed by atoms with Gasteiger partial charge < -0.3 is 5.32 Å². The summed E-state index contributed by atoms with van der Waals surface area (Å²) in [5, 5.41) is 4.27. The largest absolute Gasteiger partial charge is 0.310 e. The summed E-state index contributed by atoms with van der Waals surface area (Å²) in [7, 11) is 0. The Labute approximate surface area is 104 Å². The third-order valence-electron chi connectivity index (χ3n) is 2.19. The zero-order valence-corrected chi connectivity index (χ0v) is 11.4. The van der Waals surface area contributed by atoms with Gasteiger partial charge in [0.05, 0.1) is 0 Å². The van der Waals surface area contributed by atoms with Crippen molar-refractivity contribution in [1.29, 1.82) is 0 Å². The molecule has 0 heterocycles. The summed E-state index contributed by atoms with van der Waals surface area (Å²) in [5.74, 6) is 0. The van der Waals surface area contributed by atoms with Crippen LogP contribution < -0.4 is 5.32 Å². The molecule has 0 bridgehead atoms. The summed E-state index contributed by atoms with van der Waals surface area (Å²) in [4.78, 5) is 0. The minimum atomic E-state index is 0.422. The Kier molecular flexibility index (Phi) is 5.20. The zero-order valence-electron chi connectivity index (χ0n) is 8.48. The summed E-state index contributed by atoms with van der Waals surface area (Å²) >= 11 is 8.34. The predicted molar refractivity (Wildman–Crippen MR) is 70.9 cm³/mol. The van der Waals surface area contributed by atoms with Crippen LogP contribution >= 0.6 is 34.2 Å². The van der Waals surface area contributed by atoms with Crippen molar-refractivity contribution in [1.82, 2.24) is 5.32 Å². The van der Waals surface area contributed by atoms with Crippen molar-refractivity contribution in [2.75, 3.05) is 6.54 Å². The average Bonchev–Trinajstić information content (AvgIpc) is 2.18. The van der Waals surface area contributed by atoms with Crippen LogP contribution in [0, 0.1) is 3.57 Å². The maximum atomic E-state index is 5.99. The molecule has 0 amide bonds. The number of rotatable bonds is 4. The maximum Gasteiger partial charge on any atom is 0.0410 e. The molecule has 78 valence electrons. The van der Waals surface area contributed by atoms with E-state index in [1.165, 1.54) is 9.13 Å². The first-order valence-electron chi connectivity index (χ1n) is 4.87. The Bertz CT molecular complexity index is 301. The molecule has 1 aromatic rings. The molecule has 1 nitrogen and oxygen atoms in total. The van der Waals surface area contributed by atoms with E-state index in [4.69, 9.17) is 11.6 Å². The van der Waals surface area contributed by atoms with Crippen LogP contribution in [0.5, 0.6) is 0 Å². The fourth-order valence-electron chi connectivity index (χ4n) is 1.50. The van der Waals surface area contributed by atoms with Crippen LogP contribution in [-0.4, -0.2) is 6.54 Å². The number of hydrogen-bond donors (Lipinski definition) is 1. The fourth-order valence-corrected chi connectivity index (χ4v) is 2.39. The monoisotopic (exact) mass is 323 g/mol. The molecule has 0 aliphatic rings. The molecule has 0 saturated heterocycles. The van der Waals surface area contributed by atoms with Crippen LogP contribution in [0.2, 0.25) is 5.02 Å². The van der Waals surface area contributed by atoms with Crippen molar-refractivity contribution in [2.24, 2.45) is 0 Å². The standard InChI is InChI=1S/C11H15ClIN/c1-3-11(14-4-2)9-7-8(12)5-6-10(9)13/h5-7,11,14H,3-4H2,1-2H3. The van der Waals surface area contributed by atoms with Gasteiger partial charge in [-0.3, -0.25) is 0 Å². The van der Waals surface area contributed by atoms with Crippen LogP contribution in [-0.2, 0) is 0 Å². The average molecular weight is 324 g/mol. The van der Waals surface area contributed by atoms with E-state index in [0.29, 0.717) is 6.04 Å². The molecule has 0 aromatic heterocycles. The van der Waals surface area contributed by atoms with Crippen LogP contribution in [0.4, 0.5) is 0 Å². The maximum absolute atomic E-state index is 5.99. The Morgan fingerprint density at radius 3 is 2.71 bits per heavy atom. The third kappa shape index (κ3) is 3.11. The van der Waals surface area contributed by atoms with Crippen molar-refractivity contribution >= 4 is 34.2 Å². The van der Waals surface area contributed by atoms with E-state index in [-0.39, 0.29) is 0 Å². The normalized spacial score (nSPS) is 12.9. The molecule has 0 radical (unpaired) electrons. The highest BCUT2D eigenvalue weighted by molar-refractivity contribution is 14.1. The van der Waals surface area contributed by atoms with E-state index in [0.717, 1.165) is 18.0 Å². The van der Waals surface area contributed by atoms with Gasteiger partial charge in [-0.05, 0) is 59.3 Å². The van der Waals surface area contributed by atoms with E-state index in [1.807, 2.05) is 6.07 Å². The summed E-state index contributed by atoms with van der Waals surface area (Å²) in [5.41, 5.74) is 1.31. The van der Waals surface area contributed by atoms with Crippen LogP contribution in [0.3, 0.4) is 0 Å². The molecule has 0 spiro atoms. The molecule has 0 saturated carbocycles. The summed E-state index contributed by atoms with van der Waals surface area (Å²) in [6.07, 6.45) is 1.09. The van der Waals surface area contributed by atoms with Crippen molar-refractivity contribution in [3.63, 3.8) is 0 Å². The number of benzene rings is 1. The molecule has 1 aromatic carbocycles. The highest BCUT2D eigenvalue weighted by Crippen LogP contribution is 2.25. The van der Waals surface area contributed by atoms with Gasteiger partial charge in [-0.25, -0.2) is 0 Å². The highest BCUT2D eigenvalue weighted by atomic mass is 127. The van der Waals surface area contributed by atoms with Gasteiger partial charge in [0.1, 0.15) is 0 Å². The molecular formula is C11H15ClIN. The van der Waals surface area contributed by atoms with E-state index in [9.17, 15) is 0 Å². The minimum Gasteiger partial charge on any atom is -0.310 e. The number of halogens is 2. The topological polar surface area (TPSA) is 12.0 Å². The van der Waals surface area contributed by atoms with Crippen molar-refractivity contribution in [3.05, 3.63) is 32.4 Å². The molecule has 14 heavy (non-hydrogen) atoms. The first-order chi connectivity index (χ1) is 6.69. The van der Waals surface area contributed by atoms with Gasteiger partial charge >= 0.3 is 0 Å². The lowest BCUT2D eigenvalue weighted by atomic mass is 10.0. The summed E-state index contributed by atoms with van der Waals surface area (Å²) in [6, 6.07) is 6.48. The summed E-state index contributed by atoms with van der Waals surface area (Å²) in [6.45, 7) is 5.30. The van der Waals surface area contributed by atoms with Crippen molar-refractivity contribution in [2.45, 2.75) is 26.3 Å². The second kappa shape index (κ2) is 5.93. The third-order valence-corrected chi connectivity index (χ3v) is 3.41. The summed E-state index contributed by atoms with van der Waals surface area (Å²) < 4.78 is 1.28.